The van der Waals surface area contributed by atoms with Crippen LogP contribution in [0.2, 0.25) is 0 Å². The fraction of sp³-hybridized carbons (Fsp3) is 0.250. The van der Waals surface area contributed by atoms with Crippen molar-refractivity contribution in [3.63, 3.8) is 0 Å². The molecule has 0 fully saturated rings. The molecule has 1 aliphatic carbocycles. The van der Waals surface area contributed by atoms with Crippen LogP contribution < -0.4 is 0 Å². The number of nitro groups is 1. The van der Waals surface area contributed by atoms with Gasteiger partial charge in [0.25, 0.3) is 0 Å². The van der Waals surface area contributed by atoms with Crippen molar-refractivity contribution in [2.24, 2.45) is 9.98 Å². The van der Waals surface area contributed by atoms with Gasteiger partial charge in [-0.25, -0.2) is 9.38 Å². The Morgan fingerprint density at radius 1 is 1.67 bits per heavy atom. The first-order valence-corrected chi connectivity index (χ1v) is 4.47. The van der Waals surface area contributed by atoms with Gasteiger partial charge in [-0.2, -0.15) is 0 Å². The molecule has 78 valence electrons. The lowest BCUT2D eigenvalue weighted by atomic mass is 9.97. The summed E-state index contributed by atoms with van der Waals surface area (Å²) < 4.78 is 13.2. The minimum absolute atomic E-state index is 0.127. The average Bonchev–Trinajstić information content (AvgIpc) is 2.16. The van der Waals surface area contributed by atoms with Gasteiger partial charge in [0, 0.05) is 18.1 Å². The molecule has 5 nitrogen and oxygen atoms in total. The fourth-order valence-electron chi connectivity index (χ4n) is 1.43. The third-order valence-electron chi connectivity index (χ3n) is 2.15. The van der Waals surface area contributed by atoms with Crippen LogP contribution in [0.1, 0.15) is 6.42 Å². The van der Waals surface area contributed by atoms with Gasteiger partial charge in [-0.15, -0.1) is 0 Å². The first-order chi connectivity index (χ1) is 7.09. The first kappa shape index (κ1) is 9.97. The molecule has 0 amide bonds. The molecule has 15 heavy (non-hydrogen) atoms. The Balaban J connectivity index is 2.46. The molecule has 2 rings (SSSR count). The van der Waals surface area contributed by atoms with Crippen molar-refractivity contribution in [2.75, 3.05) is 0 Å². The van der Waals surface area contributed by atoms with Gasteiger partial charge in [0.15, 0.2) is 5.83 Å². The predicted molar refractivity (Wildman–Crippen MR) is 53.4 cm³/mol. The number of rotatable bonds is 1. The van der Waals surface area contributed by atoms with Crippen LogP contribution >= 0.6 is 11.6 Å². The zero-order chi connectivity index (χ0) is 11.0. The normalized spacial score (nSPS) is 24.5. The summed E-state index contributed by atoms with van der Waals surface area (Å²) in [6.45, 7) is 0. The molecule has 0 N–H and O–H groups in total. The lowest BCUT2D eigenvalue weighted by molar-refractivity contribution is -0.421. The molecule has 0 aromatic rings. The summed E-state index contributed by atoms with van der Waals surface area (Å²) in [5, 5.41) is 10.6. The lowest BCUT2D eigenvalue weighted by Crippen LogP contribution is -2.22. The second-order valence-corrected chi connectivity index (χ2v) is 3.41. The molecule has 0 radical (unpaired) electrons. The Morgan fingerprint density at radius 3 is 3.07 bits per heavy atom. The van der Waals surface area contributed by atoms with Crippen LogP contribution in [0.3, 0.4) is 0 Å². The maximum atomic E-state index is 13.2. The van der Waals surface area contributed by atoms with Crippen molar-refractivity contribution in [1.82, 2.24) is 0 Å². The number of hydrogen-bond donors (Lipinski definition) is 0. The topological polar surface area (TPSA) is 67.9 Å². The summed E-state index contributed by atoms with van der Waals surface area (Å²) in [4.78, 5) is 17.3. The van der Waals surface area contributed by atoms with Crippen LogP contribution in [0.5, 0.6) is 0 Å². The van der Waals surface area contributed by atoms with E-state index in [9.17, 15) is 14.5 Å². The quantitative estimate of drug-likeness (QED) is 0.508. The van der Waals surface area contributed by atoms with Crippen molar-refractivity contribution < 1.29 is 9.31 Å². The van der Waals surface area contributed by atoms with E-state index < -0.39 is 22.5 Å². The molecule has 1 atom stereocenters. The highest BCUT2D eigenvalue weighted by Crippen LogP contribution is 2.30. The maximum Gasteiger partial charge on any atom is 0.301 e. The van der Waals surface area contributed by atoms with Crippen LogP contribution in [0.4, 0.5) is 4.39 Å². The van der Waals surface area contributed by atoms with Crippen molar-refractivity contribution >= 4 is 23.1 Å². The molecule has 1 heterocycles. The summed E-state index contributed by atoms with van der Waals surface area (Å²) in [5.41, 5.74) is -0.168. The van der Waals surface area contributed by atoms with Crippen LogP contribution in [-0.2, 0) is 0 Å². The summed E-state index contributed by atoms with van der Waals surface area (Å²) in [6.07, 6.45) is 2.19. The molecule has 0 spiro atoms. The molecular weight excluding hydrogens is 225 g/mol. The van der Waals surface area contributed by atoms with E-state index in [1.807, 2.05) is 0 Å². The van der Waals surface area contributed by atoms with Crippen molar-refractivity contribution in [3.8, 4) is 0 Å². The highest BCUT2D eigenvalue weighted by atomic mass is 35.5. The highest BCUT2D eigenvalue weighted by Gasteiger charge is 2.32. The first-order valence-electron chi connectivity index (χ1n) is 4.09. The summed E-state index contributed by atoms with van der Waals surface area (Å²) in [5.74, 6) is -0.780. The predicted octanol–water partition coefficient (Wildman–Crippen LogP) is 1.82. The molecule has 1 unspecified atom stereocenters. The van der Waals surface area contributed by atoms with Crippen molar-refractivity contribution in [3.05, 3.63) is 33.3 Å². The second-order valence-electron chi connectivity index (χ2n) is 3.05. The Kier molecular flexibility index (Phi) is 2.36. The molecule has 2 aliphatic rings. The number of nitrogens with zero attached hydrogens (tertiary/aromatic N) is 3. The van der Waals surface area contributed by atoms with E-state index in [1.54, 1.807) is 0 Å². The number of allylic oxidation sites excluding steroid dienone is 1. The number of halogens is 2. The van der Waals surface area contributed by atoms with Gasteiger partial charge in [-0.3, -0.25) is 15.1 Å². The zero-order valence-electron chi connectivity index (χ0n) is 7.35. The summed E-state index contributed by atoms with van der Waals surface area (Å²) in [7, 11) is 0. The lowest BCUT2D eigenvalue weighted by Gasteiger charge is -2.19. The number of hydrogen-bond acceptors (Lipinski definition) is 4. The van der Waals surface area contributed by atoms with E-state index in [0.717, 1.165) is 6.08 Å². The second kappa shape index (κ2) is 3.54. The highest BCUT2D eigenvalue weighted by molar-refractivity contribution is 6.70. The Bertz CT molecular complexity index is 453. The summed E-state index contributed by atoms with van der Waals surface area (Å²) in [6, 6.07) is -0.487. The molecule has 0 saturated carbocycles. The van der Waals surface area contributed by atoms with Crippen molar-refractivity contribution in [1.29, 1.82) is 0 Å². The number of aliphatic imine (C=N–C) groups is 2. The molecule has 0 bridgehead atoms. The maximum absolute atomic E-state index is 13.2. The fourth-order valence-corrected chi connectivity index (χ4v) is 1.65. The molecule has 0 aromatic carbocycles. The average molecular weight is 230 g/mol. The minimum atomic E-state index is -0.780. The molecule has 0 saturated heterocycles. The van der Waals surface area contributed by atoms with E-state index in [2.05, 4.69) is 9.98 Å². The molecule has 7 heteroatoms. The third kappa shape index (κ3) is 1.68. The van der Waals surface area contributed by atoms with Crippen LogP contribution in [0, 0.1) is 10.1 Å². The van der Waals surface area contributed by atoms with Gasteiger partial charge >= 0.3 is 5.70 Å². The van der Waals surface area contributed by atoms with E-state index in [0.29, 0.717) is 5.57 Å². The van der Waals surface area contributed by atoms with Crippen molar-refractivity contribution in [2.45, 2.75) is 12.5 Å². The summed E-state index contributed by atoms with van der Waals surface area (Å²) >= 11 is 5.73. The van der Waals surface area contributed by atoms with Gasteiger partial charge in [0.1, 0.15) is 11.5 Å². The van der Waals surface area contributed by atoms with Gasteiger partial charge in [0.2, 0.25) is 0 Å². The zero-order valence-corrected chi connectivity index (χ0v) is 8.11. The third-order valence-corrected chi connectivity index (χ3v) is 2.47. The monoisotopic (exact) mass is 229 g/mol. The standard InChI is InChI=1S/C8H5ClFN3O2/c9-8-4-1-7(13(14)15)5(10)2-6(4)11-3-12-8/h1,3,6H,2H2. The largest absolute Gasteiger partial charge is 0.301 e. The minimum Gasteiger partial charge on any atom is -0.265 e. The van der Waals surface area contributed by atoms with Gasteiger partial charge < -0.3 is 0 Å². The Labute approximate surface area is 88.8 Å². The Hall–Kier alpha value is -1.56. The van der Waals surface area contributed by atoms with E-state index in [1.165, 1.54) is 6.34 Å². The molecule has 0 aromatic heterocycles. The van der Waals surface area contributed by atoms with Crippen LogP contribution in [0.25, 0.3) is 0 Å². The van der Waals surface area contributed by atoms with Gasteiger partial charge in [-0.1, -0.05) is 11.6 Å². The van der Waals surface area contributed by atoms with E-state index in [-0.39, 0.29) is 11.6 Å². The number of fused-ring (bicyclic) bond motifs is 1. The Morgan fingerprint density at radius 2 is 2.40 bits per heavy atom. The molecular formula is C8H5ClFN3O2. The van der Waals surface area contributed by atoms with E-state index in [4.69, 9.17) is 11.6 Å². The molecule has 1 aliphatic heterocycles. The SMILES string of the molecule is O=[N+]([O-])C1=C(F)CC2N=CN=C(Cl)C2=C1. The van der Waals surface area contributed by atoms with Gasteiger partial charge in [-0.05, 0) is 0 Å². The van der Waals surface area contributed by atoms with Crippen LogP contribution in [-0.4, -0.2) is 22.5 Å². The van der Waals surface area contributed by atoms with Crippen LogP contribution in [0.15, 0.2) is 33.2 Å². The van der Waals surface area contributed by atoms with Gasteiger partial charge in [0.05, 0.1) is 11.0 Å². The smallest absolute Gasteiger partial charge is 0.265 e. The van der Waals surface area contributed by atoms with E-state index >= 15 is 0 Å².